The van der Waals surface area contributed by atoms with Crippen LogP contribution < -0.4 is 11.1 Å². The fraction of sp³-hybridized carbons (Fsp3) is 0.111. The van der Waals surface area contributed by atoms with Crippen molar-refractivity contribution in [2.24, 2.45) is 0 Å². The van der Waals surface area contributed by atoms with E-state index in [1.807, 2.05) is 31.2 Å². The minimum absolute atomic E-state index is 0.119. The van der Waals surface area contributed by atoms with Crippen molar-refractivity contribution in [2.75, 3.05) is 11.1 Å². The number of nitrogens with two attached hydrogens (primary N) is 1. The summed E-state index contributed by atoms with van der Waals surface area (Å²) in [4.78, 5) is 17.4. The molecule has 122 valence electrons. The molecule has 0 saturated heterocycles. The SMILES string of the molecule is Cc1cccc(Nc2nc(N)c(C(=O)c3ccc(Br)cc3)s2)c1C. The number of carbonyl (C=O) groups is 1. The van der Waals surface area contributed by atoms with Crippen LogP contribution in [0.25, 0.3) is 0 Å². The van der Waals surface area contributed by atoms with Crippen molar-refractivity contribution in [1.29, 1.82) is 0 Å². The highest BCUT2D eigenvalue weighted by molar-refractivity contribution is 9.10. The van der Waals surface area contributed by atoms with E-state index in [0.717, 1.165) is 15.7 Å². The molecule has 2 aromatic carbocycles. The Bertz CT molecular complexity index is 903. The lowest BCUT2D eigenvalue weighted by atomic mass is 10.1. The number of ketones is 1. The number of benzene rings is 2. The van der Waals surface area contributed by atoms with Gasteiger partial charge in [-0.3, -0.25) is 4.79 Å². The first-order valence-electron chi connectivity index (χ1n) is 7.35. The number of aryl methyl sites for hydroxylation is 1. The van der Waals surface area contributed by atoms with Crippen LogP contribution in [0.4, 0.5) is 16.6 Å². The second-order valence-corrected chi connectivity index (χ2v) is 7.36. The zero-order valence-electron chi connectivity index (χ0n) is 13.3. The number of aromatic nitrogens is 1. The molecule has 0 aliphatic carbocycles. The molecule has 1 aromatic heterocycles. The maximum atomic E-state index is 12.6. The number of hydrogen-bond acceptors (Lipinski definition) is 5. The Morgan fingerprint density at radius 1 is 1.17 bits per heavy atom. The van der Waals surface area contributed by atoms with Crippen LogP contribution >= 0.6 is 27.3 Å². The highest BCUT2D eigenvalue weighted by atomic mass is 79.9. The molecule has 4 nitrogen and oxygen atoms in total. The van der Waals surface area contributed by atoms with Crippen LogP contribution in [0.3, 0.4) is 0 Å². The molecule has 0 unspecified atom stereocenters. The number of rotatable bonds is 4. The maximum absolute atomic E-state index is 12.6. The molecule has 0 bridgehead atoms. The second-order valence-electron chi connectivity index (χ2n) is 5.44. The minimum Gasteiger partial charge on any atom is -0.382 e. The standard InChI is InChI=1S/C18H16BrN3OS/c1-10-4-3-5-14(11(10)2)21-18-22-17(20)16(24-18)15(23)12-6-8-13(19)9-7-12/h3-9H,20H2,1-2H3,(H,21,22). The van der Waals surface area contributed by atoms with Crippen molar-refractivity contribution in [3.63, 3.8) is 0 Å². The van der Waals surface area contributed by atoms with Crippen molar-refractivity contribution < 1.29 is 4.79 Å². The van der Waals surface area contributed by atoms with Crippen molar-refractivity contribution in [2.45, 2.75) is 13.8 Å². The molecule has 0 aliphatic heterocycles. The molecular formula is C18H16BrN3OS. The summed E-state index contributed by atoms with van der Waals surface area (Å²) >= 11 is 4.63. The topological polar surface area (TPSA) is 68.0 Å². The summed E-state index contributed by atoms with van der Waals surface area (Å²) in [5.41, 5.74) is 9.85. The zero-order valence-corrected chi connectivity index (χ0v) is 15.7. The van der Waals surface area contributed by atoms with E-state index < -0.39 is 0 Å². The highest BCUT2D eigenvalue weighted by Crippen LogP contribution is 2.31. The molecule has 0 fully saturated rings. The van der Waals surface area contributed by atoms with E-state index >= 15 is 0 Å². The Morgan fingerprint density at radius 3 is 2.58 bits per heavy atom. The molecule has 0 amide bonds. The van der Waals surface area contributed by atoms with E-state index in [4.69, 9.17) is 5.73 Å². The van der Waals surface area contributed by atoms with E-state index in [0.29, 0.717) is 15.6 Å². The van der Waals surface area contributed by atoms with Crippen LogP contribution in [0.15, 0.2) is 46.9 Å². The van der Waals surface area contributed by atoms with Gasteiger partial charge < -0.3 is 11.1 Å². The number of thiazole rings is 1. The van der Waals surface area contributed by atoms with Crippen molar-refractivity contribution in [3.05, 3.63) is 68.5 Å². The first-order chi connectivity index (χ1) is 11.5. The fourth-order valence-electron chi connectivity index (χ4n) is 2.28. The minimum atomic E-state index is -0.119. The molecule has 6 heteroatoms. The van der Waals surface area contributed by atoms with Crippen LogP contribution in [0.1, 0.15) is 26.4 Å². The van der Waals surface area contributed by atoms with Gasteiger partial charge in [0.2, 0.25) is 5.78 Å². The van der Waals surface area contributed by atoms with Gasteiger partial charge in [0.1, 0.15) is 10.7 Å². The summed E-state index contributed by atoms with van der Waals surface area (Å²) in [6, 6.07) is 13.2. The number of halogens is 1. The van der Waals surface area contributed by atoms with Gasteiger partial charge in [-0.05, 0) is 55.3 Å². The molecule has 1 heterocycles. The van der Waals surface area contributed by atoms with Gasteiger partial charge in [0.25, 0.3) is 0 Å². The number of carbonyl (C=O) groups excluding carboxylic acids is 1. The van der Waals surface area contributed by atoms with Crippen molar-refractivity contribution in [3.8, 4) is 0 Å². The van der Waals surface area contributed by atoms with Crippen LogP contribution in [0, 0.1) is 13.8 Å². The third kappa shape index (κ3) is 3.34. The third-order valence-electron chi connectivity index (χ3n) is 3.81. The van der Waals surface area contributed by atoms with E-state index in [-0.39, 0.29) is 11.6 Å². The van der Waals surface area contributed by atoms with Gasteiger partial charge >= 0.3 is 0 Å². The summed E-state index contributed by atoms with van der Waals surface area (Å²) in [7, 11) is 0. The average Bonchev–Trinajstić information content (AvgIpc) is 2.92. The second kappa shape index (κ2) is 6.75. The van der Waals surface area contributed by atoms with Gasteiger partial charge in [-0.1, -0.05) is 39.4 Å². The summed E-state index contributed by atoms with van der Waals surface area (Å²) < 4.78 is 0.925. The maximum Gasteiger partial charge on any atom is 0.206 e. The normalized spacial score (nSPS) is 10.6. The Balaban J connectivity index is 1.89. The highest BCUT2D eigenvalue weighted by Gasteiger charge is 2.18. The molecule has 0 aliphatic rings. The Morgan fingerprint density at radius 2 is 1.88 bits per heavy atom. The number of anilines is 3. The summed E-state index contributed by atoms with van der Waals surface area (Å²) in [6.07, 6.45) is 0. The van der Waals surface area contributed by atoms with Crippen LogP contribution in [0.2, 0.25) is 0 Å². The van der Waals surface area contributed by atoms with E-state index in [1.54, 1.807) is 12.1 Å². The Kier molecular flexibility index (Phi) is 4.69. The van der Waals surface area contributed by atoms with Gasteiger partial charge in [0.15, 0.2) is 5.13 Å². The van der Waals surface area contributed by atoms with Crippen molar-refractivity contribution >= 4 is 49.7 Å². The molecule has 3 N–H and O–H groups in total. The van der Waals surface area contributed by atoms with Gasteiger partial charge in [-0.15, -0.1) is 0 Å². The quantitative estimate of drug-likeness (QED) is 0.598. The fourth-order valence-corrected chi connectivity index (χ4v) is 3.41. The van der Waals surface area contributed by atoms with Gasteiger partial charge in [-0.2, -0.15) is 0 Å². The summed E-state index contributed by atoms with van der Waals surface area (Å²) in [5, 5.41) is 3.87. The Hall–Kier alpha value is -2.18. The van der Waals surface area contributed by atoms with Gasteiger partial charge in [-0.25, -0.2) is 4.98 Å². The molecule has 0 atom stereocenters. The smallest absolute Gasteiger partial charge is 0.206 e. The van der Waals surface area contributed by atoms with Crippen LogP contribution in [-0.2, 0) is 0 Å². The van der Waals surface area contributed by atoms with Gasteiger partial charge in [0, 0.05) is 15.7 Å². The lowest BCUT2D eigenvalue weighted by Gasteiger charge is -2.08. The lowest BCUT2D eigenvalue weighted by molar-refractivity contribution is 0.104. The third-order valence-corrected chi connectivity index (χ3v) is 5.33. The molecule has 3 rings (SSSR count). The van der Waals surface area contributed by atoms with E-state index in [2.05, 4.69) is 39.2 Å². The summed E-state index contributed by atoms with van der Waals surface area (Å²) in [5.74, 6) is 0.132. The lowest BCUT2D eigenvalue weighted by Crippen LogP contribution is -2.02. The molecule has 0 saturated carbocycles. The number of hydrogen-bond donors (Lipinski definition) is 2. The first-order valence-corrected chi connectivity index (χ1v) is 8.96. The number of nitrogens with zero attached hydrogens (tertiary/aromatic N) is 1. The Labute approximate surface area is 152 Å². The molecule has 24 heavy (non-hydrogen) atoms. The predicted octanol–water partition coefficient (Wildman–Crippen LogP) is 5.08. The van der Waals surface area contributed by atoms with Crippen molar-refractivity contribution in [1.82, 2.24) is 4.98 Å². The monoisotopic (exact) mass is 401 g/mol. The largest absolute Gasteiger partial charge is 0.382 e. The average molecular weight is 402 g/mol. The summed E-state index contributed by atoms with van der Waals surface area (Å²) in [6.45, 7) is 4.10. The zero-order chi connectivity index (χ0) is 17.3. The molecule has 3 aromatic rings. The van der Waals surface area contributed by atoms with Gasteiger partial charge in [0.05, 0.1) is 0 Å². The number of nitrogen functional groups attached to an aromatic ring is 1. The van der Waals surface area contributed by atoms with Crippen LogP contribution in [0.5, 0.6) is 0 Å². The number of nitrogens with one attached hydrogen (secondary N) is 1. The molecular weight excluding hydrogens is 386 g/mol. The molecule has 0 spiro atoms. The first kappa shape index (κ1) is 16.7. The van der Waals surface area contributed by atoms with Crippen LogP contribution in [-0.4, -0.2) is 10.8 Å². The van der Waals surface area contributed by atoms with E-state index in [9.17, 15) is 4.79 Å². The predicted molar refractivity (Wildman–Crippen MR) is 103 cm³/mol. The molecule has 0 radical (unpaired) electrons. The van der Waals surface area contributed by atoms with E-state index in [1.165, 1.54) is 16.9 Å².